The van der Waals surface area contributed by atoms with E-state index in [1.165, 1.54) is 3.57 Å². The summed E-state index contributed by atoms with van der Waals surface area (Å²) in [7, 11) is 0. The van der Waals surface area contributed by atoms with Gasteiger partial charge in [0.15, 0.2) is 0 Å². The number of carbonyl (C=O) groups is 2. The van der Waals surface area contributed by atoms with Crippen molar-refractivity contribution < 1.29 is 9.59 Å². The number of nitrogens with one attached hydrogen (secondary N) is 1. The van der Waals surface area contributed by atoms with Gasteiger partial charge in [-0.05, 0) is 80.1 Å². The highest BCUT2D eigenvalue weighted by atomic mass is 127. The van der Waals surface area contributed by atoms with Gasteiger partial charge in [-0.3, -0.25) is 4.79 Å². The number of carbonyl (C=O) groups excluding carboxylic acids is 2. The van der Waals surface area contributed by atoms with Crippen LogP contribution in [0.2, 0.25) is 0 Å². The number of hydrogen-bond donors (Lipinski definition) is 1. The summed E-state index contributed by atoms with van der Waals surface area (Å²) in [6.07, 6.45) is 2.09. The van der Waals surface area contributed by atoms with E-state index in [0.717, 1.165) is 27.6 Å². The second kappa shape index (κ2) is 6.86. The summed E-state index contributed by atoms with van der Waals surface area (Å²) in [6, 6.07) is 9.75. The highest BCUT2D eigenvalue weighted by Gasteiger charge is 2.46. The van der Waals surface area contributed by atoms with Crippen LogP contribution in [0, 0.1) is 17.4 Å². The number of benzene rings is 1. The zero-order chi connectivity index (χ0) is 19.1. The minimum atomic E-state index is -0.882. The van der Waals surface area contributed by atoms with Gasteiger partial charge in [0.05, 0.1) is 6.21 Å². The third kappa shape index (κ3) is 3.15. The quantitative estimate of drug-likeness (QED) is 0.426. The fourth-order valence-corrected chi connectivity index (χ4v) is 3.40. The van der Waals surface area contributed by atoms with Crippen molar-refractivity contribution in [3.8, 4) is 5.69 Å². The SMILES string of the molecule is CCC1(C)NC(=O)N(N=Cc2cc(C)n(-c3ccc(I)cc3)c2C)C1=O. The van der Waals surface area contributed by atoms with Gasteiger partial charge >= 0.3 is 6.03 Å². The van der Waals surface area contributed by atoms with Crippen molar-refractivity contribution in [1.82, 2.24) is 14.9 Å². The van der Waals surface area contributed by atoms with Crippen LogP contribution in [-0.2, 0) is 4.79 Å². The van der Waals surface area contributed by atoms with Gasteiger partial charge < -0.3 is 9.88 Å². The van der Waals surface area contributed by atoms with E-state index >= 15 is 0 Å². The molecule has 1 atom stereocenters. The first-order chi connectivity index (χ1) is 12.3. The lowest BCUT2D eigenvalue weighted by molar-refractivity contribution is -0.130. The highest BCUT2D eigenvalue weighted by Crippen LogP contribution is 2.23. The Morgan fingerprint density at radius 2 is 1.88 bits per heavy atom. The number of hydrogen-bond acceptors (Lipinski definition) is 3. The predicted molar refractivity (Wildman–Crippen MR) is 110 cm³/mol. The van der Waals surface area contributed by atoms with Crippen LogP contribution in [0.3, 0.4) is 0 Å². The molecule has 3 rings (SSSR count). The molecule has 1 aromatic carbocycles. The average Bonchev–Trinajstić information content (AvgIpc) is 3.00. The zero-order valence-corrected chi connectivity index (χ0v) is 17.4. The van der Waals surface area contributed by atoms with Gasteiger partial charge in [0.2, 0.25) is 0 Å². The number of halogens is 1. The largest absolute Gasteiger partial charge is 0.346 e. The molecule has 1 aliphatic heterocycles. The average molecular weight is 464 g/mol. The molecule has 3 amide bonds. The number of hydrazone groups is 1. The molecule has 1 unspecified atom stereocenters. The maximum absolute atomic E-state index is 12.4. The Morgan fingerprint density at radius 1 is 1.23 bits per heavy atom. The summed E-state index contributed by atoms with van der Waals surface area (Å²) < 4.78 is 3.30. The predicted octanol–water partition coefficient (Wildman–Crippen LogP) is 3.75. The Morgan fingerprint density at radius 3 is 2.46 bits per heavy atom. The molecule has 1 saturated heterocycles. The molecule has 1 aromatic heterocycles. The first-order valence-corrected chi connectivity index (χ1v) is 9.50. The molecule has 0 radical (unpaired) electrons. The smallest absolute Gasteiger partial charge is 0.322 e. The van der Waals surface area contributed by atoms with Crippen LogP contribution < -0.4 is 5.32 Å². The molecule has 0 spiro atoms. The van der Waals surface area contributed by atoms with E-state index in [1.54, 1.807) is 13.1 Å². The van der Waals surface area contributed by atoms with Gasteiger partial charge in [-0.2, -0.15) is 5.10 Å². The minimum absolute atomic E-state index is 0.326. The number of urea groups is 1. The zero-order valence-electron chi connectivity index (χ0n) is 15.2. The summed E-state index contributed by atoms with van der Waals surface area (Å²) in [4.78, 5) is 24.5. The molecular formula is C19H21IN4O2. The minimum Gasteiger partial charge on any atom is -0.322 e. The van der Waals surface area contributed by atoms with Crippen molar-refractivity contribution in [3.63, 3.8) is 0 Å². The number of amides is 3. The number of nitrogens with zero attached hydrogens (tertiary/aromatic N) is 3. The lowest BCUT2D eigenvalue weighted by Gasteiger charge is -2.17. The van der Waals surface area contributed by atoms with Crippen molar-refractivity contribution in [1.29, 1.82) is 0 Å². The first-order valence-electron chi connectivity index (χ1n) is 8.42. The van der Waals surface area contributed by atoms with Crippen LogP contribution in [0.25, 0.3) is 5.69 Å². The normalized spacial score (nSPS) is 20.3. The van der Waals surface area contributed by atoms with Gasteiger partial charge in [0, 0.05) is 26.2 Å². The lowest BCUT2D eigenvalue weighted by Crippen LogP contribution is -2.42. The van der Waals surface area contributed by atoms with Crippen LogP contribution in [-0.4, -0.2) is 33.3 Å². The van der Waals surface area contributed by atoms with E-state index < -0.39 is 11.6 Å². The van der Waals surface area contributed by atoms with Crippen LogP contribution in [0.4, 0.5) is 4.79 Å². The third-order valence-electron chi connectivity index (χ3n) is 4.81. The van der Waals surface area contributed by atoms with Gasteiger partial charge in [0.1, 0.15) is 5.54 Å². The summed E-state index contributed by atoms with van der Waals surface area (Å²) in [5.41, 5.74) is 3.10. The van der Waals surface area contributed by atoms with E-state index in [1.807, 2.05) is 26.8 Å². The third-order valence-corrected chi connectivity index (χ3v) is 5.53. The van der Waals surface area contributed by atoms with Crippen LogP contribution in [0.15, 0.2) is 35.4 Å². The van der Waals surface area contributed by atoms with Gasteiger partial charge in [0.25, 0.3) is 5.91 Å². The van der Waals surface area contributed by atoms with Crippen LogP contribution >= 0.6 is 22.6 Å². The van der Waals surface area contributed by atoms with Gasteiger partial charge in [-0.25, -0.2) is 4.79 Å². The summed E-state index contributed by atoms with van der Waals surface area (Å²) in [5, 5.41) is 7.77. The molecule has 26 heavy (non-hydrogen) atoms. The van der Waals surface area contributed by atoms with E-state index in [9.17, 15) is 9.59 Å². The first kappa shape index (κ1) is 18.6. The van der Waals surface area contributed by atoms with Crippen molar-refractivity contribution in [2.24, 2.45) is 5.10 Å². The van der Waals surface area contributed by atoms with Crippen LogP contribution in [0.1, 0.15) is 37.2 Å². The van der Waals surface area contributed by atoms with Crippen molar-refractivity contribution in [2.75, 3.05) is 0 Å². The number of imide groups is 1. The molecule has 6 nitrogen and oxygen atoms in total. The Hall–Kier alpha value is -2.16. The van der Waals surface area contributed by atoms with Gasteiger partial charge in [-0.15, -0.1) is 5.01 Å². The van der Waals surface area contributed by atoms with Crippen LogP contribution in [0.5, 0.6) is 0 Å². The van der Waals surface area contributed by atoms with Crippen molar-refractivity contribution in [2.45, 2.75) is 39.7 Å². The van der Waals surface area contributed by atoms with Crippen molar-refractivity contribution in [3.05, 3.63) is 50.9 Å². The van der Waals surface area contributed by atoms with E-state index in [0.29, 0.717) is 6.42 Å². The maximum Gasteiger partial charge on any atom is 0.346 e. The Bertz CT molecular complexity index is 901. The number of aryl methyl sites for hydroxylation is 1. The molecule has 2 aromatic rings. The molecule has 0 bridgehead atoms. The Kier molecular flexibility index (Phi) is 4.92. The second-order valence-electron chi connectivity index (χ2n) is 6.62. The molecule has 2 heterocycles. The Balaban J connectivity index is 1.91. The number of aromatic nitrogens is 1. The summed E-state index contributed by atoms with van der Waals surface area (Å²) in [6.45, 7) is 7.59. The summed E-state index contributed by atoms with van der Waals surface area (Å²) in [5.74, 6) is -0.326. The molecule has 0 aliphatic carbocycles. The lowest BCUT2D eigenvalue weighted by atomic mass is 10.00. The monoisotopic (exact) mass is 464 g/mol. The molecule has 1 fully saturated rings. The van der Waals surface area contributed by atoms with E-state index in [2.05, 4.69) is 61.8 Å². The molecule has 7 heteroatoms. The van der Waals surface area contributed by atoms with Crippen molar-refractivity contribution >= 4 is 40.7 Å². The number of rotatable bonds is 4. The molecular weight excluding hydrogens is 443 g/mol. The summed E-state index contributed by atoms with van der Waals surface area (Å²) >= 11 is 2.28. The highest BCUT2D eigenvalue weighted by molar-refractivity contribution is 14.1. The molecule has 1 N–H and O–H groups in total. The molecule has 1 aliphatic rings. The van der Waals surface area contributed by atoms with Gasteiger partial charge in [-0.1, -0.05) is 6.92 Å². The van der Waals surface area contributed by atoms with E-state index in [4.69, 9.17) is 0 Å². The van der Waals surface area contributed by atoms with E-state index in [-0.39, 0.29) is 5.91 Å². The topological polar surface area (TPSA) is 66.7 Å². The fourth-order valence-electron chi connectivity index (χ4n) is 3.04. The fraction of sp³-hybridized carbons (Fsp3) is 0.316. The standard InChI is InChI=1S/C19H21IN4O2/c1-5-19(4)17(25)24(18(26)22-19)21-11-14-10-12(2)23(13(14)3)16-8-6-15(20)7-9-16/h6-11H,5H2,1-4H3,(H,22,26). The molecule has 136 valence electrons. The second-order valence-corrected chi connectivity index (χ2v) is 7.86. The molecule has 0 saturated carbocycles. The Labute approximate surface area is 166 Å². The maximum atomic E-state index is 12.4.